The van der Waals surface area contributed by atoms with Gasteiger partial charge in [0.1, 0.15) is 5.82 Å². The largest absolute Gasteiger partial charge is 0.353 e. The molecular formula is C21H21F2N7. The second kappa shape index (κ2) is 6.20. The van der Waals surface area contributed by atoms with Crippen LogP contribution in [-0.2, 0) is 0 Å². The Morgan fingerprint density at radius 3 is 2.77 bits per heavy atom. The number of nitrogens with zero attached hydrogens (tertiary/aromatic N) is 6. The lowest BCUT2D eigenvalue weighted by Gasteiger charge is -2.36. The van der Waals surface area contributed by atoms with Crippen molar-refractivity contribution in [2.75, 3.05) is 11.9 Å². The summed E-state index contributed by atoms with van der Waals surface area (Å²) in [5, 5.41) is 7.83. The molecule has 2 saturated carbocycles. The van der Waals surface area contributed by atoms with E-state index in [1.54, 1.807) is 16.9 Å². The maximum atomic E-state index is 13.5. The van der Waals surface area contributed by atoms with Crippen LogP contribution in [-0.4, -0.2) is 41.6 Å². The van der Waals surface area contributed by atoms with Gasteiger partial charge in [0.05, 0.1) is 17.2 Å². The molecule has 2 aliphatic rings. The van der Waals surface area contributed by atoms with E-state index < -0.39 is 5.92 Å². The lowest BCUT2D eigenvalue weighted by Crippen LogP contribution is -2.37. The summed E-state index contributed by atoms with van der Waals surface area (Å²) in [7, 11) is 0. The predicted octanol–water partition coefficient (Wildman–Crippen LogP) is 4.24. The molecule has 6 rings (SSSR count). The van der Waals surface area contributed by atoms with Gasteiger partial charge < -0.3 is 9.88 Å². The van der Waals surface area contributed by atoms with Crippen LogP contribution < -0.4 is 5.32 Å². The summed E-state index contributed by atoms with van der Waals surface area (Å²) in [4.78, 5) is 13.4. The molecule has 0 aliphatic heterocycles. The molecular weight excluding hydrogens is 388 g/mol. The SMILES string of the molecule is Cc1nc2ncc(-c3ccn4nc(NCC5CC5)ncc34)cc2n1C1CC(F)(F)C1. The first-order chi connectivity index (χ1) is 14.5. The zero-order valence-electron chi connectivity index (χ0n) is 16.5. The fourth-order valence-corrected chi connectivity index (χ4v) is 4.29. The van der Waals surface area contributed by atoms with E-state index >= 15 is 0 Å². The average Bonchev–Trinajstić information content (AvgIpc) is 3.34. The number of imidazole rings is 1. The lowest BCUT2D eigenvalue weighted by molar-refractivity contribution is -0.103. The second-order valence-electron chi connectivity index (χ2n) is 8.48. The van der Waals surface area contributed by atoms with Gasteiger partial charge in [-0.05, 0) is 37.8 Å². The summed E-state index contributed by atoms with van der Waals surface area (Å²) < 4.78 is 30.6. The third kappa shape index (κ3) is 2.91. The lowest BCUT2D eigenvalue weighted by atomic mass is 9.87. The topological polar surface area (TPSA) is 72.9 Å². The number of fused-ring (bicyclic) bond motifs is 2. The summed E-state index contributed by atoms with van der Waals surface area (Å²) in [5.74, 6) is -0.512. The van der Waals surface area contributed by atoms with Gasteiger partial charge in [0.2, 0.25) is 5.95 Å². The summed E-state index contributed by atoms with van der Waals surface area (Å²) in [6.07, 6.45) is 7.71. The second-order valence-corrected chi connectivity index (χ2v) is 8.48. The molecule has 0 radical (unpaired) electrons. The standard InChI is InChI=1S/C21H21F2N7/c1-12-27-19-17(30(12)15-7-21(22,23)8-15)6-14(10-24-19)16-4-5-29-18(16)11-26-20(28-29)25-9-13-2-3-13/h4-6,10-11,13,15H,2-3,7-9H2,1H3,(H,25,28). The molecule has 2 aliphatic carbocycles. The first kappa shape index (κ1) is 17.7. The Kier molecular flexibility index (Phi) is 3.66. The number of halogens is 2. The number of hydrogen-bond donors (Lipinski definition) is 1. The molecule has 4 aromatic rings. The van der Waals surface area contributed by atoms with Crippen LogP contribution in [0, 0.1) is 12.8 Å². The van der Waals surface area contributed by atoms with E-state index in [-0.39, 0.29) is 18.9 Å². The van der Waals surface area contributed by atoms with Crippen molar-refractivity contribution in [2.45, 2.75) is 44.6 Å². The minimum absolute atomic E-state index is 0.150. The van der Waals surface area contributed by atoms with Gasteiger partial charge >= 0.3 is 0 Å². The average molecular weight is 409 g/mol. The number of pyridine rings is 1. The van der Waals surface area contributed by atoms with Crippen molar-refractivity contribution < 1.29 is 8.78 Å². The summed E-state index contributed by atoms with van der Waals surface area (Å²) in [5.41, 5.74) is 4.07. The number of anilines is 1. The third-order valence-corrected chi connectivity index (χ3v) is 6.13. The molecule has 7 nitrogen and oxygen atoms in total. The molecule has 4 heterocycles. The molecule has 154 valence electrons. The molecule has 2 fully saturated rings. The van der Waals surface area contributed by atoms with Gasteiger partial charge in [0.15, 0.2) is 5.65 Å². The minimum Gasteiger partial charge on any atom is -0.353 e. The van der Waals surface area contributed by atoms with Crippen molar-refractivity contribution in [3.8, 4) is 11.1 Å². The Bertz CT molecular complexity index is 1260. The summed E-state index contributed by atoms with van der Waals surface area (Å²) >= 11 is 0. The van der Waals surface area contributed by atoms with Crippen LogP contribution >= 0.6 is 0 Å². The molecule has 0 unspecified atom stereocenters. The van der Waals surface area contributed by atoms with E-state index in [0.29, 0.717) is 17.4 Å². The van der Waals surface area contributed by atoms with Gasteiger partial charge in [-0.1, -0.05) is 0 Å². The van der Waals surface area contributed by atoms with Crippen LogP contribution in [0.15, 0.2) is 30.7 Å². The fourth-order valence-electron chi connectivity index (χ4n) is 4.29. The molecule has 0 aromatic carbocycles. The summed E-state index contributed by atoms with van der Waals surface area (Å²) in [6.45, 7) is 2.75. The number of aryl methyl sites for hydroxylation is 1. The van der Waals surface area contributed by atoms with E-state index in [4.69, 9.17) is 0 Å². The molecule has 0 saturated heterocycles. The maximum Gasteiger partial charge on any atom is 0.252 e. The highest BCUT2D eigenvalue weighted by molar-refractivity contribution is 5.85. The maximum absolute atomic E-state index is 13.5. The normalized spacial score (nSPS) is 18.8. The van der Waals surface area contributed by atoms with Crippen LogP contribution in [0.25, 0.3) is 27.8 Å². The number of hydrogen-bond acceptors (Lipinski definition) is 5. The number of rotatable bonds is 5. The highest BCUT2D eigenvalue weighted by Gasteiger charge is 2.47. The van der Waals surface area contributed by atoms with Crippen molar-refractivity contribution in [3.05, 3.63) is 36.5 Å². The Hall–Kier alpha value is -3.10. The van der Waals surface area contributed by atoms with Crippen LogP contribution in [0.3, 0.4) is 0 Å². The number of alkyl halides is 2. The Balaban J connectivity index is 1.37. The molecule has 0 atom stereocenters. The van der Waals surface area contributed by atoms with E-state index in [1.807, 2.05) is 29.8 Å². The smallest absolute Gasteiger partial charge is 0.252 e. The van der Waals surface area contributed by atoms with Gasteiger partial charge in [-0.25, -0.2) is 28.2 Å². The van der Waals surface area contributed by atoms with Crippen molar-refractivity contribution in [1.82, 2.24) is 29.1 Å². The fraction of sp³-hybridized carbons (Fsp3) is 0.429. The van der Waals surface area contributed by atoms with E-state index in [0.717, 1.165) is 34.6 Å². The van der Waals surface area contributed by atoms with Gasteiger partial charge in [-0.15, -0.1) is 5.10 Å². The molecule has 0 bridgehead atoms. The highest BCUT2D eigenvalue weighted by atomic mass is 19.3. The minimum atomic E-state index is -2.58. The van der Waals surface area contributed by atoms with Gasteiger partial charge in [0.25, 0.3) is 5.92 Å². The van der Waals surface area contributed by atoms with Crippen molar-refractivity contribution in [2.24, 2.45) is 5.92 Å². The monoisotopic (exact) mass is 409 g/mol. The number of nitrogens with one attached hydrogen (secondary N) is 1. The Morgan fingerprint density at radius 1 is 1.17 bits per heavy atom. The number of aromatic nitrogens is 6. The molecule has 0 spiro atoms. The molecule has 4 aromatic heterocycles. The molecule has 1 N–H and O–H groups in total. The Labute approximate surface area is 171 Å². The highest BCUT2D eigenvalue weighted by Crippen LogP contribution is 2.47. The van der Waals surface area contributed by atoms with E-state index in [9.17, 15) is 8.78 Å². The van der Waals surface area contributed by atoms with Crippen LogP contribution in [0.2, 0.25) is 0 Å². The van der Waals surface area contributed by atoms with Crippen molar-refractivity contribution in [1.29, 1.82) is 0 Å². The van der Waals surface area contributed by atoms with Gasteiger partial charge in [0, 0.05) is 48.9 Å². The molecule has 30 heavy (non-hydrogen) atoms. The molecule has 0 amide bonds. The molecule has 9 heteroatoms. The Morgan fingerprint density at radius 2 is 2.00 bits per heavy atom. The van der Waals surface area contributed by atoms with E-state index in [2.05, 4.69) is 25.4 Å². The van der Waals surface area contributed by atoms with Gasteiger partial charge in [-0.2, -0.15) is 0 Å². The zero-order chi connectivity index (χ0) is 20.5. The first-order valence-corrected chi connectivity index (χ1v) is 10.3. The third-order valence-electron chi connectivity index (χ3n) is 6.13. The predicted molar refractivity (Wildman–Crippen MR) is 109 cm³/mol. The van der Waals surface area contributed by atoms with Crippen LogP contribution in [0.1, 0.15) is 37.5 Å². The van der Waals surface area contributed by atoms with Crippen LogP contribution in [0.5, 0.6) is 0 Å². The summed E-state index contributed by atoms with van der Waals surface area (Å²) in [6, 6.07) is 3.71. The van der Waals surface area contributed by atoms with E-state index in [1.165, 1.54) is 12.8 Å². The van der Waals surface area contributed by atoms with Crippen LogP contribution in [0.4, 0.5) is 14.7 Å². The van der Waals surface area contributed by atoms with Gasteiger partial charge in [-0.3, -0.25) is 0 Å². The zero-order valence-corrected chi connectivity index (χ0v) is 16.5. The first-order valence-electron chi connectivity index (χ1n) is 10.3. The van der Waals surface area contributed by atoms with Crippen molar-refractivity contribution >= 4 is 22.6 Å². The quantitative estimate of drug-likeness (QED) is 0.534. The van der Waals surface area contributed by atoms with Crippen molar-refractivity contribution in [3.63, 3.8) is 0 Å².